The molecule has 8 heteroatoms. The minimum atomic E-state index is -0.312. The number of amides is 2. The van der Waals surface area contributed by atoms with Gasteiger partial charge >= 0.3 is 0 Å². The molecule has 32 heavy (non-hydrogen) atoms. The van der Waals surface area contributed by atoms with Crippen LogP contribution in [0.4, 0.5) is 11.4 Å². The Morgan fingerprint density at radius 3 is 1.94 bits per heavy atom. The molecular weight excluding hydrogens is 469 g/mol. The average molecular weight is 487 g/mol. The van der Waals surface area contributed by atoms with E-state index >= 15 is 0 Å². The topological polar surface area (TPSA) is 74.0 Å². The number of fused-ring (bicyclic) bond motifs is 1. The van der Waals surface area contributed by atoms with Gasteiger partial charge in [0.1, 0.15) is 5.69 Å². The molecule has 0 bridgehead atoms. The van der Waals surface area contributed by atoms with Crippen LogP contribution in [0.15, 0.2) is 66.7 Å². The van der Waals surface area contributed by atoms with Crippen LogP contribution in [-0.2, 0) is 11.2 Å². The maximum atomic E-state index is 13.0. The lowest BCUT2D eigenvalue weighted by Gasteiger charge is -2.08. The smallest absolute Gasteiger partial charge is 0.272 e. The minimum Gasteiger partial charge on any atom is -0.350 e. The summed E-state index contributed by atoms with van der Waals surface area (Å²) in [5.41, 5.74) is 3.14. The summed E-state index contributed by atoms with van der Waals surface area (Å²) in [7, 11) is 0. The van der Waals surface area contributed by atoms with Crippen molar-refractivity contribution in [1.82, 2.24) is 4.98 Å². The number of rotatable bonds is 6. The number of anilines is 2. The Kier molecular flexibility index (Phi) is 6.70. The van der Waals surface area contributed by atoms with E-state index in [1.807, 2.05) is 6.07 Å². The quantitative estimate of drug-likeness (QED) is 0.276. The summed E-state index contributed by atoms with van der Waals surface area (Å²) in [5, 5.41) is 8.22. The number of hydrogen-bond acceptors (Lipinski definition) is 2. The summed E-state index contributed by atoms with van der Waals surface area (Å²) >= 11 is 18.0. The van der Waals surface area contributed by atoms with E-state index in [9.17, 15) is 9.59 Å². The highest BCUT2D eigenvalue weighted by Crippen LogP contribution is 2.28. The third-order valence-corrected chi connectivity index (χ3v) is 5.67. The van der Waals surface area contributed by atoms with E-state index < -0.39 is 0 Å². The lowest BCUT2D eigenvalue weighted by Crippen LogP contribution is -2.16. The highest BCUT2D eigenvalue weighted by atomic mass is 35.5. The molecule has 0 radical (unpaired) electrons. The van der Waals surface area contributed by atoms with Crippen molar-refractivity contribution in [2.75, 3.05) is 10.6 Å². The van der Waals surface area contributed by atoms with Crippen molar-refractivity contribution in [3.8, 4) is 0 Å². The van der Waals surface area contributed by atoms with Crippen molar-refractivity contribution in [2.45, 2.75) is 12.8 Å². The zero-order valence-corrected chi connectivity index (χ0v) is 19.0. The standard InChI is InChI=1S/C24H18Cl3N3O2/c25-14-1-6-17(7-2-14)28-22(31)12-10-19-20-13-16(27)5-11-21(20)30-23(19)24(32)29-18-8-3-15(26)4-9-18/h1-9,11,13,30H,10,12H2,(H,28,31)(H,29,32). The summed E-state index contributed by atoms with van der Waals surface area (Å²) in [6, 6.07) is 19.1. The number of H-pyrrole nitrogens is 1. The van der Waals surface area contributed by atoms with Gasteiger partial charge in [-0.05, 0) is 78.7 Å². The van der Waals surface area contributed by atoms with Gasteiger partial charge in [-0.1, -0.05) is 34.8 Å². The van der Waals surface area contributed by atoms with Crippen LogP contribution in [-0.4, -0.2) is 16.8 Å². The molecule has 4 aromatic rings. The van der Waals surface area contributed by atoms with Crippen LogP contribution in [0.2, 0.25) is 15.1 Å². The van der Waals surface area contributed by atoms with Gasteiger partial charge in [-0.15, -0.1) is 0 Å². The third-order valence-electron chi connectivity index (χ3n) is 4.93. The summed E-state index contributed by atoms with van der Waals surface area (Å²) < 4.78 is 0. The first-order valence-electron chi connectivity index (χ1n) is 9.81. The molecule has 3 aromatic carbocycles. The zero-order valence-electron chi connectivity index (χ0n) is 16.7. The lowest BCUT2D eigenvalue weighted by atomic mass is 10.0. The van der Waals surface area contributed by atoms with Crippen molar-refractivity contribution in [2.24, 2.45) is 0 Å². The minimum absolute atomic E-state index is 0.173. The van der Waals surface area contributed by atoms with E-state index in [1.165, 1.54) is 0 Å². The van der Waals surface area contributed by atoms with Gasteiger partial charge in [0.15, 0.2) is 0 Å². The molecule has 0 unspecified atom stereocenters. The molecule has 0 atom stereocenters. The summed E-state index contributed by atoms with van der Waals surface area (Å²) in [5.74, 6) is -0.486. The van der Waals surface area contributed by atoms with Gasteiger partial charge in [-0.2, -0.15) is 0 Å². The number of aryl methyl sites for hydroxylation is 1. The second kappa shape index (κ2) is 9.65. The SMILES string of the molecule is O=C(CCc1c(C(=O)Nc2ccc(Cl)cc2)[nH]c2ccc(Cl)cc12)Nc1ccc(Cl)cc1. The number of carbonyl (C=O) groups excluding carboxylic acids is 2. The van der Waals surface area contributed by atoms with E-state index in [0.717, 1.165) is 16.5 Å². The third kappa shape index (κ3) is 5.25. The molecular formula is C24H18Cl3N3O2. The normalized spacial score (nSPS) is 10.8. The summed E-state index contributed by atoms with van der Waals surface area (Å²) in [6.07, 6.45) is 0.534. The molecule has 1 heterocycles. The second-order valence-corrected chi connectivity index (χ2v) is 8.49. The molecule has 0 aliphatic rings. The monoisotopic (exact) mass is 485 g/mol. The molecule has 2 amide bonds. The maximum absolute atomic E-state index is 13.0. The van der Waals surface area contributed by atoms with Crippen LogP contribution in [0, 0.1) is 0 Å². The molecule has 3 N–H and O–H groups in total. The predicted molar refractivity (Wildman–Crippen MR) is 131 cm³/mol. The average Bonchev–Trinajstić information content (AvgIpc) is 3.13. The number of carbonyl (C=O) groups is 2. The molecule has 0 aliphatic heterocycles. The Morgan fingerprint density at radius 2 is 1.31 bits per heavy atom. The van der Waals surface area contributed by atoms with Gasteiger partial charge in [-0.3, -0.25) is 9.59 Å². The molecule has 0 saturated carbocycles. The Bertz CT molecular complexity index is 1280. The second-order valence-electron chi connectivity index (χ2n) is 7.18. The van der Waals surface area contributed by atoms with E-state index in [4.69, 9.17) is 34.8 Å². The highest BCUT2D eigenvalue weighted by Gasteiger charge is 2.19. The number of nitrogens with one attached hydrogen (secondary N) is 3. The number of benzene rings is 3. The van der Waals surface area contributed by atoms with E-state index in [0.29, 0.717) is 38.6 Å². The molecule has 162 valence electrons. The number of hydrogen-bond donors (Lipinski definition) is 3. The number of halogens is 3. The largest absolute Gasteiger partial charge is 0.350 e. The first kappa shape index (κ1) is 22.2. The van der Waals surface area contributed by atoms with Crippen molar-refractivity contribution in [3.05, 3.63) is 93.1 Å². The molecule has 5 nitrogen and oxygen atoms in total. The van der Waals surface area contributed by atoms with Gasteiger partial charge in [0.25, 0.3) is 5.91 Å². The number of aromatic nitrogens is 1. The van der Waals surface area contributed by atoms with Crippen LogP contribution >= 0.6 is 34.8 Å². The highest BCUT2D eigenvalue weighted by molar-refractivity contribution is 6.31. The molecule has 1 aromatic heterocycles. The van der Waals surface area contributed by atoms with Crippen LogP contribution in [0.25, 0.3) is 10.9 Å². The fourth-order valence-electron chi connectivity index (χ4n) is 3.40. The molecule has 4 rings (SSSR count). The summed E-state index contributed by atoms with van der Waals surface area (Å²) in [4.78, 5) is 28.7. The van der Waals surface area contributed by atoms with Gasteiger partial charge in [0.05, 0.1) is 0 Å². The Balaban J connectivity index is 1.56. The van der Waals surface area contributed by atoms with Crippen molar-refractivity contribution in [1.29, 1.82) is 0 Å². The van der Waals surface area contributed by atoms with Crippen LogP contribution in [0.3, 0.4) is 0 Å². The zero-order chi connectivity index (χ0) is 22.7. The first-order valence-corrected chi connectivity index (χ1v) is 10.9. The fourth-order valence-corrected chi connectivity index (χ4v) is 3.82. The molecule has 0 spiro atoms. The first-order chi connectivity index (χ1) is 15.4. The van der Waals surface area contributed by atoms with Gasteiger partial charge in [-0.25, -0.2) is 0 Å². The fraction of sp³-hybridized carbons (Fsp3) is 0.0833. The van der Waals surface area contributed by atoms with Gasteiger partial charge in [0.2, 0.25) is 5.91 Å². The van der Waals surface area contributed by atoms with E-state index in [-0.39, 0.29) is 18.2 Å². The van der Waals surface area contributed by atoms with Crippen molar-refractivity contribution in [3.63, 3.8) is 0 Å². The molecule has 0 saturated heterocycles. The summed E-state index contributed by atoms with van der Waals surface area (Å²) in [6.45, 7) is 0. The van der Waals surface area contributed by atoms with E-state index in [2.05, 4.69) is 15.6 Å². The van der Waals surface area contributed by atoms with Crippen LogP contribution in [0.5, 0.6) is 0 Å². The Hall–Kier alpha value is -2.99. The van der Waals surface area contributed by atoms with Crippen LogP contribution < -0.4 is 10.6 Å². The maximum Gasteiger partial charge on any atom is 0.272 e. The lowest BCUT2D eigenvalue weighted by molar-refractivity contribution is -0.116. The molecule has 0 fully saturated rings. The van der Waals surface area contributed by atoms with Gasteiger partial charge in [0, 0.05) is 43.8 Å². The predicted octanol–water partition coefficient (Wildman–Crippen LogP) is 6.95. The Labute approximate surface area is 199 Å². The van der Waals surface area contributed by atoms with Crippen LogP contribution in [0.1, 0.15) is 22.5 Å². The van der Waals surface area contributed by atoms with E-state index in [1.54, 1.807) is 60.7 Å². The Morgan fingerprint density at radius 1 is 0.750 bits per heavy atom. The van der Waals surface area contributed by atoms with Crippen molar-refractivity contribution < 1.29 is 9.59 Å². The molecule has 0 aliphatic carbocycles. The number of aromatic amines is 1. The van der Waals surface area contributed by atoms with Crippen molar-refractivity contribution >= 4 is 68.9 Å². The van der Waals surface area contributed by atoms with Gasteiger partial charge < -0.3 is 15.6 Å².